The van der Waals surface area contributed by atoms with Crippen molar-refractivity contribution in [2.45, 2.75) is 38.8 Å². The number of carbonyl (C=O) groups excluding carboxylic acids is 1. The number of nitrogens with one attached hydrogen (secondary N) is 1. The summed E-state index contributed by atoms with van der Waals surface area (Å²) in [4.78, 5) is 24.4. The maximum absolute atomic E-state index is 11.4. The van der Waals surface area contributed by atoms with Gasteiger partial charge in [-0.05, 0) is 47.5 Å². The lowest BCUT2D eigenvalue weighted by atomic mass is 10.2. The molecule has 0 aliphatic rings. The molecule has 0 aliphatic carbocycles. The minimum absolute atomic E-state index is 0.143. The first-order valence-corrected chi connectivity index (χ1v) is 6.13. The molecule has 0 heterocycles. The number of carboxylic acid groups (broad SMARTS) is 1. The number of nitrogens with zero attached hydrogens (tertiary/aromatic N) is 1. The molecule has 6 nitrogen and oxygen atoms in total. The first-order valence-electron chi connectivity index (χ1n) is 6.13. The predicted octanol–water partition coefficient (Wildman–Crippen LogP) is 0.323. The maximum atomic E-state index is 11.4. The van der Waals surface area contributed by atoms with E-state index in [-0.39, 0.29) is 12.5 Å². The Bertz CT molecular complexity index is 267. The summed E-state index contributed by atoms with van der Waals surface area (Å²) in [5, 5.41) is 11.8. The second-order valence-corrected chi connectivity index (χ2v) is 4.74. The maximum Gasteiger partial charge on any atom is 0.321 e. The Morgan fingerprint density at radius 1 is 1.33 bits per heavy atom. The largest absolute Gasteiger partial charge is 0.480 e. The molecular formula is C12H24N2O4. The van der Waals surface area contributed by atoms with E-state index in [2.05, 4.69) is 5.32 Å². The smallest absolute Gasteiger partial charge is 0.321 e. The first-order chi connectivity index (χ1) is 8.32. The first kappa shape index (κ1) is 16.9. The van der Waals surface area contributed by atoms with E-state index in [1.165, 1.54) is 0 Å². The van der Waals surface area contributed by atoms with E-state index in [0.717, 1.165) is 13.0 Å². The molecule has 0 aromatic rings. The SMILES string of the molecule is CC(C)OC(=O)C[C@H](NCCCN(C)C)C(=O)O. The van der Waals surface area contributed by atoms with Gasteiger partial charge in [-0.2, -0.15) is 0 Å². The van der Waals surface area contributed by atoms with Crippen LogP contribution in [-0.2, 0) is 14.3 Å². The van der Waals surface area contributed by atoms with Gasteiger partial charge in [0.2, 0.25) is 0 Å². The molecule has 1 atom stereocenters. The molecule has 0 aromatic carbocycles. The number of carbonyl (C=O) groups is 2. The Kier molecular flexibility index (Phi) is 8.32. The summed E-state index contributed by atoms with van der Waals surface area (Å²) in [6, 6.07) is -0.876. The molecule has 0 rings (SSSR count). The van der Waals surface area contributed by atoms with Crippen molar-refractivity contribution >= 4 is 11.9 Å². The second-order valence-electron chi connectivity index (χ2n) is 4.74. The molecule has 106 valence electrons. The van der Waals surface area contributed by atoms with Crippen LogP contribution < -0.4 is 5.32 Å². The quantitative estimate of drug-likeness (QED) is 0.459. The highest BCUT2D eigenvalue weighted by Gasteiger charge is 2.21. The molecule has 0 amide bonds. The summed E-state index contributed by atoms with van der Waals surface area (Å²) >= 11 is 0. The molecule has 6 heteroatoms. The summed E-state index contributed by atoms with van der Waals surface area (Å²) in [5.41, 5.74) is 0. The van der Waals surface area contributed by atoms with Gasteiger partial charge in [-0.25, -0.2) is 0 Å². The van der Waals surface area contributed by atoms with Crippen LogP contribution in [-0.4, -0.2) is 61.3 Å². The number of ether oxygens (including phenoxy) is 1. The zero-order valence-electron chi connectivity index (χ0n) is 11.6. The zero-order valence-corrected chi connectivity index (χ0v) is 11.6. The van der Waals surface area contributed by atoms with Gasteiger partial charge in [-0.15, -0.1) is 0 Å². The van der Waals surface area contributed by atoms with E-state index in [1.807, 2.05) is 19.0 Å². The van der Waals surface area contributed by atoms with Gasteiger partial charge in [-0.3, -0.25) is 9.59 Å². The topological polar surface area (TPSA) is 78.9 Å². The third kappa shape index (κ3) is 8.95. The van der Waals surface area contributed by atoms with E-state index in [1.54, 1.807) is 13.8 Å². The molecule has 18 heavy (non-hydrogen) atoms. The van der Waals surface area contributed by atoms with Crippen molar-refractivity contribution in [3.8, 4) is 0 Å². The highest BCUT2D eigenvalue weighted by Crippen LogP contribution is 1.99. The van der Waals surface area contributed by atoms with Crippen molar-refractivity contribution in [3.63, 3.8) is 0 Å². The molecule has 0 bridgehead atoms. The molecular weight excluding hydrogens is 236 g/mol. The fraction of sp³-hybridized carbons (Fsp3) is 0.833. The van der Waals surface area contributed by atoms with E-state index < -0.39 is 18.0 Å². The van der Waals surface area contributed by atoms with Gasteiger partial charge < -0.3 is 20.1 Å². The molecule has 2 N–H and O–H groups in total. The number of hydrogen-bond donors (Lipinski definition) is 2. The minimum Gasteiger partial charge on any atom is -0.480 e. The Balaban J connectivity index is 4.00. The van der Waals surface area contributed by atoms with E-state index in [9.17, 15) is 9.59 Å². The molecule has 0 unspecified atom stereocenters. The van der Waals surface area contributed by atoms with Gasteiger partial charge in [0.15, 0.2) is 0 Å². The molecule has 0 saturated heterocycles. The lowest BCUT2D eigenvalue weighted by Gasteiger charge is -2.16. The van der Waals surface area contributed by atoms with E-state index in [4.69, 9.17) is 9.84 Å². The summed E-state index contributed by atoms with van der Waals surface area (Å²) < 4.78 is 4.92. The standard InChI is InChI=1S/C12H24N2O4/c1-9(2)18-11(15)8-10(12(16)17)13-6-5-7-14(3)4/h9-10,13H,5-8H2,1-4H3,(H,16,17)/t10-/m0/s1. The van der Waals surface area contributed by atoms with Crippen molar-refractivity contribution in [3.05, 3.63) is 0 Å². The lowest BCUT2D eigenvalue weighted by Crippen LogP contribution is -2.40. The summed E-state index contributed by atoms with van der Waals surface area (Å²) in [7, 11) is 3.91. The van der Waals surface area contributed by atoms with Gasteiger partial charge >= 0.3 is 11.9 Å². The Morgan fingerprint density at radius 2 is 1.94 bits per heavy atom. The van der Waals surface area contributed by atoms with Crippen LogP contribution in [0.5, 0.6) is 0 Å². The van der Waals surface area contributed by atoms with Crippen LogP contribution in [0.1, 0.15) is 26.7 Å². The second kappa shape index (κ2) is 8.88. The molecule has 0 fully saturated rings. The molecule has 0 aromatic heterocycles. The van der Waals surface area contributed by atoms with Crippen molar-refractivity contribution in [2.24, 2.45) is 0 Å². The minimum atomic E-state index is -1.03. The zero-order chi connectivity index (χ0) is 14.1. The van der Waals surface area contributed by atoms with Crippen LogP contribution in [0.15, 0.2) is 0 Å². The fourth-order valence-electron chi connectivity index (χ4n) is 1.40. The number of hydrogen-bond acceptors (Lipinski definition) is 5. The van der Waals surface area contributed by atoms with Crippen molar-refractivity contribution in [1.82, 2.24) is 10.2 Å². The number of rotatable bonds is 9. The third-order valence-corrected chi connectivity index (χ3v) is 2.21. The summed E-state index contributed by atoms with van der Waals surface area (Å²) in [5.74, 6) is -1.52. The Labute approximate surface area is 108 Å². The number of carboxylic acids is 1. The molecule has 0 spiro atoms. The van der Waals surface area contributed by atoms with Gasteiger partial charge in [0.25, 0.3) is 0 Å². The van der Waals surface area contributed by atoms with Crippen LogP contribution in [0.3, 0.4) is 0 Å². The highest BCUT2D eigenvalue weighted by atomic mass is 16.5. The molecule has 0 aliphatic heterocycles. The monoisotopic (exact) mass is 260 g/mol. The normalized spacial score (nSPS) is 12.8. The number of aliphatic carboxylic acids is 1. The predicted molar refractivity (Wildman–Crippen MR) is 68.4 cm³/mol. The van der Waals surface area contributed by atoms with Gasteiger partial charge in [0.05, 0.1) is 12.5 Å². The third-order valence-electron chi connectivity index (χ3n) is 2.21. The molecule has 0 saturated carbocycles. The average molecular weight is 260 g/mol. The van der Waals surface area contributed by atoms with Gasteiger partial charge in [-0.1, -0.05) is 0 Å². The van der Waals surface area contributed by atoms with Gasteiger partial charge in [0, 0.05) is 0 Å². The van der Waals surface area contributed by atoms with Crippen LogP contribution >= 0.6 is 0 Å². The van der Waals surface area contributed by atoms with Crippen molar-refractivity contribution in [2.75, 3.05) is 27.2 Å². The van der Waals surface area contributed by atoms with Crippen LogP contribution in [0, 0.1) is 0 Å². The van der Waals surface area contributed by atoms with Crippen molar-refractivity contribution in [1.29, 1.82) is 0 Å². The average Bonchev–Trinajstić information content (AvgIpc) is 2.20. The fourth-order valence-corrected chi connectivity index (χ4v) is 1.40. The van der Waals surface area contributed by atoms with Crippen LogP contribution in [0.2, 0.25) is 0 Å². The molecule has 0 radical (unpaired) electrons. The summed E-state index contributed by atoms with van der Waals surface area (Å²) in [6.07, 6.45) is 0.464. The van der Waals surface area contributed by atoms with Gasteiger partial charge in [0.1, 0.15) is 6.04 Å². The van der Waals surface area contributed by atoms with Crippen LogP contribution in [0.4, 0.5) is 0 Å². The Morgan fingerprint density at radius 3 is 2.39 bits per heavy atom. The van der Waals surface area contributed by atoms with E-state index in [0.29, 0.717) is 6.54 Å². The summed E-state index contributed by atoms with van der Waals surface area (Å²) in [6.45, 7) is 4.90. The number of esters is 1. The highest BCUT2D eigenvalue weighted by molar-refractivity contribution is 5.81. The Hall–Kier alpha value is -1.14. The van der Waals surface area contributed by atoms with Crippen molar-refractivity contribution < 1.29 is 19.4 Å². The van der Waals surface area contributed by atoms with Crippen LogP contribution in [0.25, 0.3) is 0 Å². The van der Waals surface area contributed by atoms with E-state index >= 15 is 0 Å². The lowest BCUT2D eigenvalue weighted by molar-refractivity contribution is -0.152.